The van der Waals surface area contributed by atoms with Gasteiger partial charge in [0, 0.05) is 26.2 Å². The summed E-state index contributed by atoms with van der Waals surface area (Å²) in [5.74, 6) is -0.927. The van der Waals surface area contributed by atoms with Crippen molar-refractivity contribution in [3.05, 3.63) is 34.9 Å². The molecule has 1 unspecified atom stereocenters. The van der Waals surface area contributed by atoms with E-state index in [4.69, 9.17) is 0 Å². The molecule has 23 heavy (non-hydrogen) atoms. The second-order valence-corrected chi connectivity index (χ2v) is 5.78. The number of carbonyl (C=O) groups is 3. The van der Waals surface area contributed by atoms with E-state index in [2.05, 4.69) is 5.32 Å². The molecular formula is C16H20ClN3O3. The lowest BCUT2D eigenvalue weighted by molar-refractivity contribution is -0.135. The first-order chi connectivity index (χ1) is 10.5. The fourth-order valence-corrected chi connectivity index (χ4v) is 2.98. The summed E-state index contributed by atoms with van der Waals surface area (Å²) in [6.45, 7) is 6.17. The van der Waals surface area contributed by atoms with Gasteiger partial charge in [-0.3, -0.25) is 19.3 Å². The summed E-state index contributed by atoms with van der Waals surface area (Å²) in [6, 6.07) is 4.40. The summed E-state index contributed by atoms with van der Waals surface area (Å²) in [4.78, 5) is 40.3. The number of imide groups is 1. The van der Waals surface area contributed by atoms with Crippen LogP contribution in [0.4, 0.5) is 0 Å². The maximum absolute atomic E-state index is 12.5. The van der Waals surface area contributed by atoms with Crippen LogP contribution in [0, 0.1) is 6.92 Å². The van der Waals surface area contributed by atoms with E-state index < -0.39 is 6.04 Å². The highest BCUT2D eigenvalue weighted by molar-refractivity contribution is 6.22. The fourth-order valence-electron chi connectivity index (χ4n) is 2.98. The van der Waals surface area contributed by atoms with Crippen LogP contribution >= 0.6 is 12.4 Å². The second-order valence-electron chi connectivity index (χ2n) is 5.78. The third-order valence-corrected chi connectivity index (χ3v) is 4.25. The average molecular weight is 338 g/mol. The summed E-state index contributed by atoms with van der Waals surface area (Å²) in [6.07, 6.45) is 0. The van der Waals surface area contributed by atoms with Gasteiger partial charge in [-0.25, -0.2) is 0 Å². The molecule has 3 rings (SSSR count). The third kappa shape index (κ3) is 2.96. The Labute approximate surface area is 141 Å². The highest BCUT2D eigenvalue weighted by Crippen LogP contribution is 2.26. The highest BCUT2D eigenvalue weighted by Gasteiger charge is 2.41. The van der Waals surface area contributed by atoms with E-state index in [1.54, 1.807) is 30.0 Å². The van der Waals surface area contributed by atoms with Crippen molar-refractivity contribution in [2.75, 3.05) is 26.2 Å². The number of rotatable bonds is 2. The third-order valence-electron chi connectivity index (χ3n) is 4.25. The Kier molecular flexibility index (Phi) is 5.06. The van der Waals surface area contributed by atoms with Crippen LogP contribution in [0.15, 0.2) is 18.2 Å². The van der Waals surface area contributed by atoms with E-state index in [9.17, 15) is 14.4 Å². The molecule has 0 bridgehead atoms. The van der Waals surface area contributed by atoms with Crippen LogP contribution < -0.4 is 5.32 Å². The van der Waals surface area contributed by atoms with E-state index in [0.717, 1.165) is 23.6 Å². The summed E-state index contributed by atoms with van der Waals surface area (Å²) >= 11 is 0. The zero-order chi connectivity index (χ0) is 15.9. The number of carbonyl (C=O) groups excluding carboxylic acids is 3. The monoisotopic (exact) mass is 337 g/mol. The van der Waals surface area contributed by atoms with Crippen molar-refractivity contribution in [2.45, 2.75) is 19.9 Å². The first-order valence-electron chi connectivity index (χ1n) is 7.49. The Morgan fingerprint density at radius 1 is 1.13 bits per heavy atom. The SMILES string of the molecule is Cc1ccc2c(c1)C(=O)N(C(C)C(=O)N1CCNCC1)C2=O.Cl. The number of hydrogen-bond acceptors (Lipinski definition) is 4. The summed E-state index contributed by atoms with van der Waals surface area (Å²) < 4.78 is 0. The lowest BCUT2D eigenvalue weighted by Crippen LogP contribution is -2.54. The highest BCUT2D eigenvalue weighted by atomic mass is 35.5. The standard InChI is InChI=1S/C16H19N3O3.ClH/c1-10-3-4-12-13(9-10)16(22)19(15(12)21)11(2)14(20)18-7-5-17-6-8-18;/h3-4,9,11,17H,5-8H2,1-2H3;1H. The number of aryl methyl sites for hydroxylation is 1. The average Bonchev–Trinajstić information content (AvgIpc) is 2.78. The maximum Gasteiger partial charge on any atom is 0.262 e. The van der Waals surface area contributed by atoms with Crippen LogP contribution in [0.3, 0.4) is 0 Å². The quantitative estimate of drug-likeness (QED) is 0.812. The van der Waals surface area contributed by atoms with Crippen molar-refractivity contribution in [3.8, 4) is 0 Å². The van der Waals surface area contributed by atoms with Crippen molar-refractivity contribution in [1.82, 2.24) is 15.1 Å². The molecule has 6 nitrogen and oxygen atoms in total. The molecule has 2 heterocycles. The molecule has 0 spiro atoms. The Morgan fingerprint density at radius 2 is 1.74 bits per heavy atom. The number of nitrogens with one attached hydrogen (secondary N) is 1. The van der Waals surface area contributed by atoms with E-state index in [-0.39, 0.29) is 30.1 Å². The molecule has 1 saturated heterocycles. The zero-order valence-electron chi connectivity index (χ0n) is 13.2. The van der Waals surface area contributed by atoms with Crippen molar-refractivity contribution >= 4 is 30.1 Å². The van der Waals surface area contributed by atoms with Gasteiger partial charge in [-0.1, -0.05) is 11.6 Å². The van der Waals surface area contributed by atoms with Crippen molar-refractivity contribution in [1.29, 1.82) is 0 Å². The minimum atomic E-state index is -0.772. The Bertz CT molecular complexity index is 656. The summed E-state index contributed by atoms with van der Waals surface area (Å²) in [5, 5.41) is 3.17. The predicted molar refractivity (Wildman–Crippen MR) is 87.8 cm³/mol. The van der Waals surface area contributed by atoms with Crippen LogP contribution in [0.25, 0.3) is 0 Å². The lowest BCUT2D eigenvalue weighted by atomic mass is 10.1. The lowest BCUT2D eigenvalue weighted by Gasteiger charge is -2.32. The molecule has 1 aromatic carbocycles. The van der Waals surface area contributed by atoms with Gasteiger partial charge in [0.1, 0.15) is 6.04 Å². The number of benzene rings is 1. The van der Waals surface area contributed by atoms with Crippen LogP contribution in [0.1, 0.15) is 33.2 Å². The minimum absolute atomic E-state index is 0. The van der Waals surface area contributed by atoms with Crippen molar-refractivity contribution in [2.24, 2.45) is 0 Å². The molecule has 1 aromatic rings. The number of fused-ring (bicyclic) bond motifs is 1. The molecule has 0 aliphatic carbocycles. The largest absolute Gasteiger partial charge is 0.338 e. The number of piperazine rings is 1. The van der Waals surface area contributed by atoms with E-state index in [0.29, 0.717) is 24.2 Å². The Balaban J connectivity index is 0.00000192. The van der Waals surface area contributed by atoms with Gasteiger partial charge in [0.15, 0.2) is 0 Å². The topological polar surface area (TPSA) is 69.7 Å². The van der Waals surface area contributed by atoms with Gasteiger partial charge in [-0.15, -0.1) is 12.4 Å². The predicted octanol–water partition coefficient (Wildman–Crippen LogP) is 0.833. The van der Waals surface area contributed by atoms with E-state index >= 15 is 0 Å². The van der Waals surface area contributed by atoms with Crippen LogP contribution in [-0.4, -0.2) is 59.7 Å². The second kappa shape index (κ2) is 6.68. The summed E-state index contributed by atoms with van der Waals surface area (Å²) in [5.41, 5.74) is 1.70. The van der Waals surface area contributed by atoms with Gasteiger partial charge in [0.05, 0.1) is 11.1 Å². The molecule has 2 aliphatic rings. The molecule has 124 valence electrons. The van der Waals surface area contributed by atoms with E-state index in [1.807, 2.05) is 6.92 Å². The maximum atomic E-state index is 12.5. The van der Waals surface area contributed by atoms with Crippen LogP contribution in [-0.2, 0) is 4.79 Å². The Morgan fingerprint density at radius 3 is 2.39 bits per heavy atom. The van der Waals surface area contributed by atoms with Crippen molar-refractivity contribution in [3.63, 3.8) is 0 Å². The number of nitrogens with zero attached hydrogens (tertiary/aromatic N) is 2. The minimum Gasteiger partial charge on any atom is -0.338 e. The number of hydrogen-bond donors (Lipinski definition) is 1. The van der Waals surface area contributed by atoms with Gasteiger partial charge in [-0.05, 0) is 26.0 Å². The Hall–Kier alpha value is -1.92. The van der Waals surface area contributed by atoms with Crippen LogP contribution in [0.2, 0.25) is 0 Å². The van der Waals surface area contributed by atoms with Gasteiger partial charge in [-0.2, -0.15) is 0 Å². The molecule has 1 fully saturated rings. The number of amides is 3. The molecule has 3 amide bonds. The fraction of sp³-hybridized carbons (Fsp3) is 0.438. The number of halogens is 1. The molecule has 7 heteroatoms. The van der Waals surface area contributed by atoms with Gasteiger partial charge in [0.25, 0.3) is 11.8 Å². The smallest absolute Gasteiger partial charge is 0.262 e. The molecule has 1 atom stereocenters. The molecule has 0 radical (unpaired) electrons. The first-order valence-corrected chi connectivity index (χ1v) is 7.49. The molecular weight excluding hydrogens is 318 g/mol. The zero-order valence-corrected chi connectivity index (χ0v) is 14.0. The summed E-state index contributed by atoms with van der Waals surface area (Å²) in [7, 11) is 0. The van der Waals surface area contributed by atoms with Gasteiger partial charge < -0.3 is 10.2 Å². The van der Waals surface area contributed by atoms with Gasteiger partial charge in [0.2, 0.25) is 5.91 Å². The normalized spacial score (nSPS) is 18.5. The van der Waals surface area contributed by atoms with Crippen molar-refractivity contribution < 1.29 is 14.4 Å². The molecule has 0 saturated carbocycles. The molecule has 2 aliphatic heterocycles. The van der Waals surface area contributed by atoms with Crippen LogP contribution in [0.5, 0.6) is 0 Å². The van der Waals surface area contributed by atoms with E-state index in [1.165, 1.54) is 0 Å². The molecule has 0 aromatic heterocycles. The first kappa shape index (κ1) is 17.4. The molecule has 1 N–H and O–H groups in total. The van der Waals surface area contributed by atoms with Gasteiger partial charge >= 0.3 is 0 Å².